The van der Waals surface area contributed by atoms with Gasteiger partial charge in [0.25, 0.3) is 0 Å². The van der Waals surface area contributed by atoms with Crippen molar-refractivity contribution in [3.63, 3.8) is 0 Å². The zero-order valence-corrected chi connectivity index (χ0v) is 10.1. The zero-order valence-electron chi connectivity index (χ0n) is 9.23. The Labute approximate surface area is 88.4 Å². The highest BCUT2D eigenvalue weighted by Crippen LogP contribution is 2.36. The van der Waals surface area contributed by atoms with Gasteiger partial charge in [-0.1, -0.05) is 12.2 Å². The summed E-state index contributed by atoms with van der Waals surface area (Å²) in [6.45, 7) is 0.967. The molecule has 14 heavy (non-hydrogen) atoms. The molecule has 1 heterocycles. The van der Waals surface area contributed by atoms with Gasteiger partial charge in [0.05, 0.1) is 12.1 Å². The highest BCUT2D eigenvalue weighted by molar-refractivity contribution is 8.34. The zero-order chi connectivity index (χ0) is 10.6. The Morgan fingerprint density at radius 1 is 1.50 bits per heavy atom. The summed E-state index contributed by atoms with van der Waals surface area (Å²) < 4.78 is 0. The van der Waals surface area contributed by atoms with E-state index in [2.05, 4.69) is 41.6 Å². The van der Waals surface area contributed by atoms with Crippen molar-refractivity contribution in [1.29, 1.82) is 0 Å². The van der Waals surface area contributed by atoms with Crippen molar-refractivity contribution in [3.8, 4) is 0 Å². The molecule has 0 aromatic carbocycles. The molecule has 2 N–H and O–H groups in total. The Morgan fingerprint density at radius 2 is 2.21 bits per heavy atom. The molecule has 82 valence electrons. The third kappa shape index (κ3) is 4.31. The van der Waals surface area contributed by atoms with Crippen LogP contribution >= 0.6 is 10.0 Å². The molecular weight excluding hydrogens is 194 g/mol. The van der Waals surface area contributed by atoms with Gasteiger partial charge in [-0.2, -0.15) is 0 Å². The summed E-state index contributed by atoms with van der Waals surface area (Å²) in [5.74, 6) is 0. The molecule has 0 saturated heterocycles. The molecule has 0 bridgehead atoms. The first-order valence-corrected chi connectivity index (χ1v) is 7.86. The van der Waals surface area contributed by atoms with Crippen LogP contribution in [0.15, 0.2) is 23.6 Å². The van der Waals surface area contributed by atoms with E-state index in [0.29, 0.717) is 0 Å². The molecule has 3 heteroatoms. The van der Waals surface area contributed by atoms with E-state index in [1.807, 2.05) is 6.08 Å². The summed E-state index contributed by atoms with van der Waals surface area (Å²) in [6.07, 6.45) is 13.4. The largest absolute Gasteiger partial charge is 0.387 e. The van der Waals surface area contributed by atoms with Crippen LogP contribution in [0.5, 0.6) is 0 Å². The molecule has 1 aliphatic heterocycles. The second-order valence-corrected chi connectivity index (χ2v) is 8.58. The van der Waals surface area contributed by atoms with Crippen LogP contribution in [0, 0.1) is 0 Å². The van der Waals surface area contributed by atoms with Gasteiger partial charge in [-0.05, 0) is 43.2 Å². The third-order valence-corrected chi connectivity index (χ3v) is 3.06. The predicted molar refractivity (Wildman–Crippen MR) is 66.1 cm³/mol. The molecule has 0 radical (unpaired) electrons. The molecular formula is C11H21NOS. The minimum Gasteiger partial charge on any atom is -0.387 e. The van der Waals surface area contributed by atoms with Gasteiger partial charge in [0.15, 0.2) is 0 Å². The van der Waals surface area contributed by atoms with E-state index in [1.165, 1.54) is 0 Å². The van der Waals surface area contributed by atoms with Crippen molar-refractivity contribution in [2.75, 3.05) is 25.3 Å². The summed E-state index contributed by atoms with van der Waals surface area (Å²) in [7, 11) is -0.650. The molecule has 0 aromatic heterocycles. The molecule has 0 aromatic rings. The van der Waals surface area contributed by atoms with E-state index in [-0.39, 0.29) is 6.04 Å². The fourth-order valence-corrected chi connectivity index (χ4v) is 1.95. The second kappa shape index (κ2) is 5.01. The van der Waals surface area contributed by atoms with Crippen molar-refractivity contribution >= 4 is 10.0 Å². The maximum Gasteiger partial charge on any atom is 0.0917 e. The van der Waals surface area contributed by atoms with Crippen molar-refractivity contribution in [3.05, 3.63) is 23.6 Å². The lowest BCUT2D eigenvalue weighted by Crippen LogP contribution is -2.39. The number of rotatable bonds is 3. The molecule has 0 saturated carbocycles. The van der Waals surface area contributed by atoms with Gasteiger partial charge in [0, 0.05) is 0 Å². The average molecular weight is 215 g/mol. The number of aliphatic hydroxyl groups excluding tert-OH is 1. The van der Waals surface area contributed by atoms with Gasteiger partial charge in [-0.15, -0.1) is 0 Å². The van der Waals surface area contributed by atoms with Crippen LogP contribution in [-0.2, 0) is 0 Å². The SMILES string of the molecule is CS(C)(C)/C=C/[C@@H](O)[C@@H]1C=CCCN1. The summed E-state index contributed by atoms with van der Waals surface area (Å²) in [5, 5.41) is 15.3. The first-order valence-electron chi connectivity index (χ1n) is 4.94. The van der Waals surface area contributed by atoms with Crippen molar-refractivity contribution in [1.82, 2.24) is 5.32 Å². The quantitative estimate of drug-likeness (QED) is 0.699. The average Bonchev–Trinajstić information content (AvgIpc) is 2.14. The highest BCUT2D eigenvalue weighted by Gasteiger charge is 2.14. The molecule has 0 spiro atoms. The molecule has 0 unspecified atom stereocenters. The molecule has 0 aliphatic carbocycles. The van der Waals surface area contributed by atoms with Crippen LogP contribution in [0.3, 0.4) is 0 Å². The van der Waals surface area contributed by atoms with Crippen LogP contribution in [0.4, 0.5) is 0 Å². The summed E-state index contributed by atoms with van der Waals surface area (Å²) >= 11 is 0. The lowest BCUT2D eigenvalue weighted by molar-refractivity contribution is 0.190. The van der Waals surface area contributed by atoms with E-state index >= 15 is 0 Å². The van der Waals surface area contributed by atoms with E-state index in [0.717, 1.165) is 13.0 Å². The summed E-state index contributed by atoms with van der Waals surface area (Å²) in [6, 6.07) is 0.0988. The molecule has 1 aliphatic rings. The highest BCUT2D eigenvalue weighted by atomic mass is 32.3. The number of nitrogens with one attached hydrogen (secondary N) is 1. The Morgan fingerprint density at radius 3 is 2.71 bits per heavy atom. The summed E-state index contributed by atoms with van der Waals surface area (Å²) in [5.41, 5.74) is 0. The van der Waals surface area contributed by atoms with E-state index in [9.17, 15) is 5.11 Å². The monoisotopic (exact) mass is 215 g/mol. The minimum atomic E-state index is -0.650. The first kappa shape index (κ1) is 11.8. The number of aliphatic hydroxyl groups is 1. The number of hydrogen-bond donors (Lipinski definition) is 2. The van der Waals surface area contributed by atoms with Gasteiger partial charge >= 0.3 is 0 Å². The predicted octanol–water partition coefficient (Wildman–Crippen LogP) is 1.47. The lowest BCUT2D eigenvalue weighted by atomic mass is 10.1. The Balaban J connectivity index is 2.48. The molecule has 1 rings (SSSR count). The van der Waals surface area contributed by atoms with Crippen LogP contribution in [0.1, 0.15) is 6.42 Å². The molecule has 2 atom stereocenters. The smallest absolute Gasteiger partial charge is 0.0917 e. The van der Waals surface area contributed by atoms with Crippen LogP contribution < -0.4 is 5.32 Å². The number of hydrogen-bond acceptors (Lipinski definition) is 2. The standard InChI is InChI=1S/C11H21NOS/c1-14(2,3)9-7-11(13)10-6-4-5-8-12-10/h4,6-7,9-13H,5,8H2,1-3H3/b9-7+/t10-,11+/m0/s1. The van der Waals surface area contributed by atoms with Gasteiger partial charge in [0.1, 0.15) is 0 Å². The minimum absolute atomic E-state index is 0.0988. The lowest BCUT2D eigenvalue weighted by Gasteiger charge is -2.24. The molecule has 2 nitrogen and oxygen atoms in total. The fourth-order valence-electron chi connectivity index (χ4n) is 1.31. The molecule has 0 amide bonds. The van der Waals surface area contributed by atoms with E-state index in [4.69, 9.17) is 0 Å². The van der Waals surface area contributed by atoms with Crippen LogP contribution in [0.2, 0.25) is 0 Å². The normalized spacial score (nSPS) is 26.7. The van der Waals surface area contributed by atoms with Crippen molar-refractivity contribution < 1.29 is 5.11 Å². The summed E-state index contributed by atoms with van der Waals surface area (Å²) in [4.78, 5) is 0. The Bertz CT molecular complexity index is 230. The second-order valence-electron chi connectivity index (χ2n) is 4.45. The Kier molecular flexibility index (Phi) is 4.23. The van der Waals surface area contributed by atoms with Crippen LogP contribution in [-0.4, -0.2) is 42.6 Å². The topological polar surface area (TPSA) is 32.3 Å². The maximum absolute atomic E-state index is 9.85. The van der Waals surface area contributed by atoms with Crippen molar-refractivity contribution in [2.45, 2.75) is 18.6 Å². The fraction of sp³-hybridized carbons (Fsp3) is 0.636. The Hall–Kier alpha value is -0.250. The van der Waals surface area contributed by atoms with Gasteiger partial charge in [-0.25, -0.2) is 10.0 Å². The van der Waals surface area contributed by atoms with E-state index in [1.54, 1.807) is 0 Å². The van der Waals surface area contributed by atoms with Crippen molar-refractivity contribution in [2.24, 2.45) is 0 Å². The van der Waals surface area contributed by atoms with Gasteiger partial charge in [-0.3, -0.25) is 0 Å². The first-order chi connectivity index (χ1) is 6.49. The van der Waals surface area contributed by atoms with E-state index < -0.39 is 16.1 Å². The maximum atomic E-state index is 9.85. The van der Waals surface area contributed by atoms with Crippen LogP contribution in [0.25, 0.3) is 0 Å². The van der Waals surface area contributed by atoms with Gasteiger partial charge < -0.3 is 10.4 Å². The molecule has 0 fully saturated rings. The van der Waals surface area contributed by atoms with Gasteiger partial charge in [0.2, 0.25) is 0 Å². The third-order valence-electron chi connectivity index (χ3n) is 2.09.